The second-order valence-corrected chi connectivity index (χ2v) is 6.51. The molecule has 0 aliphatic heterocycles. The Hall–Kier alpha value is -1.35. The lowest BCUT2D eigenvalue weighted by Crippen LogP contribution is -2.01. The first-order chi connectivity index (χ1) is 10.5. The summed E-state index contributed by atoms with van der Waals surface area (Å²) in [6, 6.07) is 5.17. The van der Waals surface area contributed by atoms with Crippen LogP contribution in [0.3, 0.4) is 0 Å². The Bertz CT molecular complexity index is 452. The summed E-state index contributed by atoms with van der Waals surface area (Å²) in [5, 5.41) is 18.6. The number of unbranched alkanes of at least 4 members (excludes halogenated alkanes) is 3. The summed E-state index contributed by atoms with van der Waals surface area (Å²) in [6.07, 6.45) is 7.81. The Labute approximate surface area is 134 Å². The molecule has 3 heteroatoms. The van der Waals surface area contributed by atoms with E-state index in [4.69, 9.17) is 5.11 Å². The molecule has 0 aromatic heterocycles. The lowest BCUT2D eigenvalue weighted by Gasteiger charge is -2.06. The molecule has 22 heavy (non-hydrogen) atoms. The van der Waals surface area contributed by atoms with Crippen molar-refractivity contribution < 1.29 is 15.0 Å². The Morgan fingerprint density at radius 1 is 1.09 bits per heavy atom. The molecule has 0 atom stereocenters. The number of Topliss-reactive ketones (excluding diaryl/α,β-unsaturated/α-hetero) is 1. The third-order valence-corrected chi connectivity index (χ3v) is 3.99. The minimum atomic E-state index is -0.177. The number of ketones is 1. The minimum Gasteiger partial charge on any atom is -0.508 e. The maximum atomic E-state index is 11.9. The Balaban J connectivity index is 2.18. The van der Waals surface area contributed by atoms with Crippen LogP contribution in [0.4, 0.5) is 0 Å². The topological polar surface area (TPSA) is 57.5 Å². The van der Waals surface area contributed by atoms with E-state index in [1.165, 1.54) is 19.3 Å². The molecule has 0 saturated heterocycles. The number of aliphatic hydroxyl groups is 1. The predicted molar refractivity (Wildman–Crippen MR) is 89.9 cm³/mol. The highest BCUT2D eigenvalue weighted by Gasteiger charge is 2.06. The van der Waals surface area contributed by atoms with Crippen LogP contribution in [0.25, 0.3) is 0 Å². The van der Waals surface area contributed by atoms with E-state index in [9.17, 15) is 9.90 Å². The average Bonchev–Trinajstić information content (AvgIpc) is 2.49. The first kappa shape index (κ1) is 18.7. The van der Waals surface area contributed by atoms with Gasteiger partial charge in [0.25, 0.3) is 0 Å². The van der Waals surface area contributed by atoms with Crippen molar-refractivity contribution in [3.8, 4) is 5.75 Å². The van der Waals surface area contributed by atoms with Gasteiger partial charge >= 0.3 is 0 Å². The number of aromatic hydroxyl groups is 1. The maximum absolute atomic E-state index is 11.9. The fraction of sp³-hybridized carbons (Fsp3) is 0.632. The van der Waals surface area contributed by atoms with Crippen molar-refractivity contribution in [1.29, 1.82) is 0 Å². The molecule has 3 nitrogen and oxygen atoms in total. The van der Waals surface area contributed by atoms with E-state index in [2.05, 4.69) is 13.8 Å². The summed E-state index contributed by atoms with van der Waals surface area (Å²) in [6.45, 7) is 4.31. The summed E-state index contributed by atoms with van der Waals surface area (Å²) in [7, 11) is 0. The van der Waals surface area contributed by atoms with Crippen molar-refractivity contribution in [3.63, 3.8) is 0 Å². The maximum Gasteiger partial charge on any atom is 0.133 e. The molecule has 0 aliphatic rings. The number of aryl methyl sites for hydroxylation is 1. The van der Waals surface area contributed by atoms with Gasteiger partial charge in [0.05, 0.1) is 6.61 Å². The number of phenols is 1. The third-order valence-electron chi connectivity index (χ3n) is 3.99. The fourth-order valence-electron chi connectivity index (χ4n) is 2.56. The van der Waals surface area contributed by atoms with Gasteiger partial charge in [0.1, 0.15) is 11.5 Å². The highest BCUT2D eigenvalue weighted by Crippen LogP contribution is 2.19. The number of hydrogen-bond acceptors (Lipinski definition) is 3. The molecule has 0 bridgehead atoms. The number of carbonyl (C=O) groups excluding carboxylic acids is 1. The molecule has 0 heterocycles. The molecule has 0 fully saturated rings. The van der Waals surface area contributed by atoms with Gasteiger partial charge in [0, 0.05) is 18.4 Å². The van der Waals surface area contributed by atoms with Gasteiger partial charge in [-0.25, -0.2) is 0 Å². The second kappa shape index (κ2) is 10.4. The number of aliphatic hydroxyl groups excluding tert-OH is 1. The molecule has 1 aromatic carbocycles. The number of carbonyl (C=O) groups is 1. The average molecular weight is 306 g/mol. The number of hydrogen-bond donors (Lipinski definition) is 2. The quantitative estimate of drug-likeness (QED) is 0.596. The van der Waals surface area contributed by atoms with Crippen LogP contribution in [0.1, 0.15) is 69.9 Å². The molecule has 0 unspecified atom stereocenters. The molecular weight excluding hydrogens is 276 g/mol. The van der Waals surface area contributed by atoms with Gasteiger partial charge in [-0.05, 0) is 36.5 Å². The van der Waals surface area contributed by atoms with Crippen LogP contribution in [0.15, 0.2) is 18.2 Å². The Morgan fingerprint density at radius 2 is 1.82 bits per heavy atom. The van der Waals surface area contributed by atoms with E-state index < -0.39 is 0 Å². The van der Waals surface area contributed by atoms with Crippen molar-refractivity contribution in [3.05, 3.63) is 29.3 Å². The lowest BCUT2D eigenvalue weighted by atomic mass is 10.0. The summed E-state index contributed by atoms with van der Waals surface area (Å²) in [4.78, 5) is 11.9. The molecule has 0 aliphatic carbocycles. The number of rotatable bonds is 11. The SMILES string of the molecule is CC(C)CCCCCCC(=O)CCc1ccc(O)c(CO)c1. The lowest BCUT2D eigenvalue weighted by molar-refractivity contribution is -0.119. The van der Waals surface area contributed by atoms with Crippen molar-refractivity contribution in [1.82, 2.24) is 0 Å². The van der Waals surface area contributed by atoms with Crippen LogP contribution >= 0.6 is 0 Å². The van der Waals surface area contributed by atoms with Gasteiger partial charge in [0.2, 0.25) is 0 Å². The summed E-state index contributed by atoms with van der Waals surface area (Å²) < 4.78 is 0. The smallest absolute Gasteiger partial charge is 0.133 e. The molecule has 2 N–H and O–H groups in total. The standard InChI is InChI=1S/C19H30O3/c1-15(2)7-5-3-4-6-8-18(21)11-9-16-10-12-19(22)17(13-16)14-20/h10,12-13,15,20,22H,3-9,11,14H2,1-2H3. The van der Waals surface area contributed by atoms with Crippen molar-refractivity contribution >= 4 is 5.78 Å². The Morgan fingerprint density at radius 3 is 2.50 bits per heavy atom. The van der Waals surface area contributed by atoms with Crippen LogP contribution in [0, 0.1) is 5.92 Å². The highest BCUT2D eigenvalue weighted by atomic mass is 16.3. The largest absolute Gasteiger partial charge is 0.508 e. The van der Waals surface area contributed by atoms with Gasteiger partial charge in [-0.2, -0.15) is 0 Å². The van der Waals surface area contributed by atoms with Gasteiger partial charge in [-0.15, -0.1) is 0 Å². The molecule has 124 valence electrons. The molecular formula is C19H30O3. The van der Waals surface area contributed by atoms with E-state index >= 15 is 0 Å². The third kappa shape index (κ3) is 7.60. The first-order valence-corrected chi connectivity index (χ1v) is 8.46. The summed E-state index contributed by atoms with van der Waals surface area (Å²) in [5.41, 5.74) is 1.52. The van der Waals surface area contributed by atoms with Gasteiger partial charge in [-0.1, -0.05) is 45.6 Å². The van der Waals surface area contributed by atoms with Crippen molar-refractivity contribution in [2.24, 2.45) is 5.92 Å². The van der Waals surface area contributed by atoms with Crippen LogP contribution in [-0.4, -0.2) is 16.0 Å². The minimum absolute atomic E-state index is 0.110. The second-order valence-electron chi connectivity index (χ2n) is 6.51. The van der Waals surface area contributed by atoms with Crippen LogP contribution < -0.4 is 0 Å². The first-order valence-electron chi connectivity index (χ1n) is 8.46. The zero-order valence-corrected chi connectivity index (χ0v) is 14.0. The molecule has 0 radical (unpaired) electrons. The van der Waals surface area contributed by atoms with E-state index in [1.54, 1.807) is 12.1 Å². The molecule has 0 amide bonds. The van der Waals surface area contributed by atoms with Gasteiger partial charge in [-0.3, -0.25) is 4.79 Å². The monoisotopic (exact) mass is 306 g/mol. The highest BCUT2D eigenvalue weighted by molar-refractivity contribution is 5.78. The Kier molecular flexibility index (Phi) is 8.83. The van der Waals surface area contributed by atoms with Gasteiger partial charge < -0.3 is 10.2 Å². The van der Waals surface area contributed by atoms with Gasteiger partial charge in [0.15, 0.2) is 0 Å². The van der Waals surface area contributed by atoms with Crippen LogP contribution in [0.5, 0.6) is 5.75 Å². The summed E-state index contributed by atoms with van der Waals surface area (Å²) in [5.74, 6) is 1.19. The predicted octanol–water partition coefficient (Wildman–Crippen LogP) is 4.38. The molecule has 0 spiro atoms. The van der Waals surface area contributed by atoms with E-state index in [0.29, 0.717) is 30.6 Å². The molecule has 0 saturated carbocycles. The fourth-order valence-corrected chi connectivity index (χ4v) is 2.56. The van der Waals surface area contributed by atoms with Crippen molar-refractivity contribution in [2.75, 3.05) is 0 Å². The zero-order valence-electron chi connectivity index (χ0n) is 14.0. The van der Waals surface area contributed by atoms with Crippen LogP contribution in [0.2, 0.25) is 0 Å². The normalized spacial score (nSPS) is 11.1. The van der Waals surface area contributed by atoms with E-state index in [0.717, 1.165) is 24.3 Å². The number of benzene rings is 1. The molecule has 1 rings (SSSR count). The molecule has 1 aromatic rings. The van der Waals surface area contributed by atoms with E-state index in [1.807, 2.05) is 6.07 Å². The zero-order chi connectivity index (χ0) is 16.4. The van der Waals surface area contributed by atoms with Crippen LogP contribution in [-0.2, 0) is 17.8 Å². The summed E-state index contributed by atoms with van der Waals surface area (Å²) >= 11 is 0. The van der Waals surface area contributed by atoms with Crippen molar-refractivity contribution in [2.45, 2.75) is 71.8 Å². The van der Waals surface area contributed by atoms with E-state index in [-0.39, 0.29) is 12.4 Å².